The number of anilines is 1. The second-order valence-electron chi connectivity index (χ2n) is 3.43. The molecule has 0 fully saturated rings. The number of hydrogen-bond donors (Lipinski definition) is 1. The van der Waals surface area contributed by atoms with Gasteiger partial charge in [-0.25, -0.2) is 13.1 Å². The highest BCUT2D eigenvalue weighted by Gasteiger charge is 2.14. The molecule has 0 amide bonds. The Labute approximate surface area is 93.4 Å². The van der Waals surface area contributed by atoms with E-state index in [2.05, 4.69) is 5.10 Å². The molecular weight excluding hydrogens is 226 g/mol. The van der Waals surface area contributed by atoms with Crippen molar-refractivity contribution in [2.45, 2.75) is 4.90 Å². The second-order valence-corrected chi connectivity index (χ2v) is 5.41. The van der Waals surface area contributed by atoms with E-state index in [1.54, 1.807) is 36.5 Å². The maximum Gasteiger partial charge on any atom is 0.177 e. The Morgan fingerprint density at radius 3 is 2.50 bits per heavy atom. The lowest BCUT2D eigenvalue weighted by Crippen LogP contribution is -2.05. The predicted molar refractivity (Wildman–Crippen MR) is 61.1 cm³/mol. The topological polar surface area (TPSA) is 78.0 Å². The summed E-state index contributed by atoms with van der Waals surface area (Å²) in [4.78, 5) is 0.234. The van der Waals surface area contributed by atoms with Gasteiger partial charge < -0.3 is 5.73 Å². The molecular formula is C10H11N3O2S. The summed E-state index contributed by atoms with van der Waals surface area (Å²) in [6, 6.07) is 8.26. The van der Waals surface area contributed by atoms with E-state index in [-0.39, 0.29) is 4.90 Å². The van der Waals surface area contributed by atoms with Crippen LogP contribution in [0, 0.1) is 0 Å². The number of sulfone groups is 1. The number of nitrogen functional groups attached to an aromatic ring is 1. The molecule has 0 aliphatic rings. The van der Waals surface area contributed by atoms with E-state index < -0.39 is 9.84 Å². The molecule has 0 saturated carbocycles. The van der Waals surface area contributed by atoms with E-state index in [1.807, 2.05) is 0 Å². The van der Waals surface area contributed by atoms with Crippen LogP contribution in [0.2, 0.25) is 0 Å². The molecule has 0 spiro atoms. The zero-order valence-corrected chi connectivity index (χ0v) is 9.48. The molecule has 0 bridgehead atoms. The monoisotopic (exact) mass is 237 g/mol. The van der Waals surface area contributed by atoms with E-state index in [9.17, 15) is 8.42 Å². The Hall–Kier alpha value is -1.82. The largest absolute Gasteiger partial charge is 0.382 e. The first-order valence-electron chi connectivity index (χ1n) is 4.59. The highest BCUT2D eigenvalue weighted by molar-refractivity contribution is 7.90. The third kappa shape index (κ3) is 1.92. The number of aromatic nitrogens is 2. The highest BCUT2D eigenvalue weighted by atomic mass is 32.2. The number of nitrogens with zero attached hydrogens (tertiary/aromatic N) is 2. The molecule has 0 atom stereocenters. The lowest BCUT2D eigenvalue weighted by Gasteiger charge is -2.06. The quantitative estimate of drug-likeness (QED) is 0.840. The van der Waals surface area contributed by atoms with Crippen molar-refractivity contribution in [1.29, 1.82) is 0 Å². The molecule has 1 heterocycles. The summed E-state index contributed by atoms with van der Waals surface area (Å²) in [7, 11) is -3.27. The molecule has 1 aromatic carbocycles. The Balaban J connectivity index is 2.66. The number of hydrogen-bond acceptors (Lipinski definition) is 4. The number of rotatable bonds is 2. The van der Waals surface area contributed by atoms with Crippen LogP contribution in [0.3, 0.4) is 0 Å². The van der Waals surface area contributed by atoms with E-state index in [4.69, 9.17) is 5.73 Å². The Kier molecular flexibility index (Phi) is 2.43. The molecule has 0 unspecified atom stereocenters. The third-order valence-corrected chi connectivity index (χ3v) is 3.27. The Bertz CT molecular complexity index is 616. The summed E-state index contributed by atoms with van der Waals surface area (Å²) in [5.41, 5.74) is 6.00. The SMILES string of the molecule is CS(=O)(=O)c1ccccc1-n1ccc(N)n1. The van der Waals surface area contributed by atoms with Gasteiger partial charge >= 0.3 is 0 Å². The molecule has 0 aliphatic carbocycles. The molecule has 5 nitrogen and oxygen atoms in total. The molecule has 0 radical (unpaired) electrons. The smallest absolute Gasteiger partial charge is 0.177 e. The molecule has 84 valence electrons. The van der Waals surface area contributed by atoms with Crippen LogP contribution in [0.1, 0.15) is 0 Å². The first-order chi connectivity index (χ1) is 7.48. The van der Waals surface area contributed by atoms with E-state index in [0.29, 0.717) is 11.5 Å². The van der Waals surface area contributed by atoms with Crippen LogP contribution in [0.25, 0.3) is 5.69 Å². The summed E-state index contributed by atoms with van der Waals surface area (Å²) >= 11 is 0. The van der Waals surface area contributed by atoms with Crippen LogP contribution < -0.4 is 5.73 Å². The van der Waals surface area contributed by atoms with Crippen molar-refractivity contribution in [3.8, 4) is 5.69 Å². The van der Waals surface area contributed by atoms with Gasteiger partial charge in [0.1, 0.15) is 5.82 Å². The Morgan fingerprint density at radius 2 is 1.94 bits per heavy atom. The molecule has 2 N–H and O–H groups in total. The zero-order chi connectivity index (χ0) is 11.8. The fourth-order valence-electron chi connectivity index (χ4n) is 1.43. The molecule has 16 heavy (non-hydrogen) atoms. The predicted octanol–water partition coefficient (Wildman–Crippen LogP) is 0.858. The van der Waals surface area contributed by atoms with Crippen molar-refractivity contribution < 1.29 is 8.42 Å². The van der Waals surface area contributed by atoms with E-state index >= 15 is 0 Å². The minimum absolute atomic E-state index is 0.234. The van der Waals surface area contributed by atoms with Crippen LogP contribution in [0.15, 0.2) is 41.4 Å². The van der Waals surface area contributed by atoms with Crippen molar-refractivity contribution in [3.05, 3.63) is 36.5 Å². The van der Waals surface area contributed by atoms with Gasteiger partial charge in [0.15, 0.2) is 9.84 Å². The molecule has 0 saturated heterocycles. The summed E-state index contributed by atoms with van der Waals surface area (Å²) in [6.07, 6.45) is 2.79. The maximum absolute atomic E-state index is 11.6. The van der Waals surface area contributed by atoms with Gasteiger partial charge in [0, 0.05) is 18.5 Å². The van der Waals surface area contributed by atoms with Crippen molar-refractivity contribution >= 4 is 15.7 Å². The number of para-hydroxylation sites is 1. The van der Waals surface area contributed by atoms with Crippen molar-refractivity contribution in [2.24, 2.45) is 0 Å². The summed E-state index contributed by atoms with van der Waals surface area (Å²) in [5, 5.41) is 3.99. The van der Waals surface area contributed by atoms with Crippen molar-refractivity contribution in [2.75, 3.05) is 12.0 Å². The van der Waals surface area contributed by atoms with E-state index in [0.717, 1.165) is 0 Å². The fraction of sp³-hybridized carbons (Fsp3) is 0.100. The minimum Gasteiger partial charge on any atom is -0.382 e. The molecule has 6 heteroatoms. The van der Waals surface area contributed by atoms with Crippen molar-refractivity contribution in [1.82, 2.24) is 9.78 Å². The highest BCUT2D eigenvalue weighted by Crippen LogP contribution is 2.19. The molecule has 2 aromatic rings. The van der Waals surface area contributed by atoms with Gasteiger partial charge in [-0.2, -0.15) is 5.10 Å². The molecule has 1 aromatic heterocycles. The first kappa shape index (κ1) is 10.7. The van der Waals surface area contributed by atoms with Gasteiger partial charge in [0.25, 0.3) is 0 Å². The maximum atomic E-state index is 11.6. The first-order valence-corrected chi connectivity index (χ1v) is 6.48. The number of nitrogens with two attached hydrogens (primary N) is 1. The van der Waals surface area contributed by atoms with Gasteiger partial charge in [-0.05, 0) is 12.1 Å². The van der Waals surface area contributed by atoms with Crippen LogP contribution in [0.4, 0.5) is 5.82 Å². The van der Waals surface area contributed by atoms with Gasteiger partial charge in [-0.3, -0.25) is 0 Å². The zero-order valence-electron chi connectivity index (χ0n) is 8.66. The summed E-state index contributed by atoms with van der Waals surface area (Å²) < 4.78 is 24.6. The van der Waals surface area contributed by atoms with Crippen molar-refractivity contribution in [3.63, 3.8) is 0 Å². The average molecular weight is 237 g/mol. The van der Waals surface area contributed by atoms with E-state index in [1.165, 1.54) is 10.9 Å². The van der Waals surface area contributed by atoms with Crippen LogP contribution in [0.5, 0.6) is 0 Å². The van der Waals surface area contributed by atoms with Crippen LogP contribution in [-0.4, -0.2) is 24.5 Å². The van der Waals surface area contributed by atoms with Crippen LogP contribution >= 0.6 is 0 Å². The molecule has 0 aliphatic heterocycles. The summed E-state index contributed by atoms with van der Waals surface area (Å²) in [5.74, 6) is 0.350. The van der Waals surface area contributed by atoms with Gasteiger partial charge in [0.2, 0.25) is 0 Å². The summed E-state index contributed by atoms with van der Waals surface area (Å²) in [6.45, 7) is 0. The lowest BCUT2D eigenvalue weighted by molar-refractivity contribution is 0.601. The standard InChI is InChI=1S/C10H11N3O2S/c1-16(14,15)9-5-3-2-4-8(9)13-7-6-10(11)12-13/h2-7H,1H3,(H2,11,12). The van der Waals surface area contributed by atoms with Gasteiger partial charge in [-0.15, -0.1) is 0 Å². The normalized spacial score (nSPS) is 11.6. The van der Waals surface area contributed by atoms with Gasteiger partial charge in [0.05, 0.1) is 10.6 Å². The fourth-order valence-corrected chi connectivity index (χ4v) is 2.30. The third-order valence-electron chi connectivity index (χ3n) is 2.12. The molecule has 2 rings (SSSR count). The second kappa shape index (κ2) is 3.64. The lowest BCUT2D eigenvalue weighted by atomic mass is 10.3. The average Bonchev–Trinajstić information content (AvgIpc) is 2.64. The Morgan fingerprint density at radius 1 is 1.25 bits per heavy atom. The number of benzene rings is 1. The van der Waals surface area contributed by atoms with Gasteiger partial charge in [-0.1, -0.05) is 12.1 Å². The minimum atomic E-state index is -3.27. The van der Waals surface area contributed by atoms with Crippen LogP contribution in [-0.2, 0) is 9.84 Å².